The van der Waals surface area contributed by atoms with Crippen LogP contribution in [0.15, 0.2) is 20.7 Å². The summed E-state index contributed by atoms with van der Waals surface area (Å²) in [7, 11) is -4.89. The van der Waals surface area contributed by atoms with E-state index in [1.54, 1.807) is 0 Å². The molecule has 2 aliphatic rings. The van der Waals surface area contributed by atoms with Crippen LogP contribution >= 0.6 is 0 Å². The third-order valence-electron chi connectivity index (χ3n) is 1.59. The lowest BCUT2D eigenvalue weighted by atomic mass is 10.4. The quantitative estimate of drug-likeness (QED) is 0.583. The van der Waals surface area contributed by atoms with Gasteiger partial charge in [0, 0.05) is 6.07 Å². The molecular weight excluding hydrogens is 226 g/mol. The predicted molar refractivity (Wildman–Crippen MR) is 47.5 cm³/mol. The minimum absolute atomic E-state index is 0. The smallest absolute Gasteiger partial charge is 0.272 e. The van der Waals surface area contributed by atoms with Gasteiger partial charge in [0.25, 0.3) is 5.56 Å². The zero-order valence-electron chi connectivity index (χ0n) is 7.42. The molecule has 0 bridgehead atoms. The molecule has 4 N–H and O–H groups in total. The molecule has 0 fully saturated rings. The van der Waals surface area contributed by atoms with Crippen molar-refractivity contribution in [2.24, 2.45) is 0 Å². The molecule has 0 spiro atoms. The van der Waals surface area contributed by atoms with Gasteiger partial charge in [0.15, 0.2) is 5.03 Å². The van der Waals surface area contributed by atoms with Crippen LogP contribution in [0.25, 0.3) is 11.4 Å². The first-order chi connectivity index (χ1) is 6.39. The van der Waals surface area contributed by atoms with Gasteiger partial charge in [0.1, 0.15) is 21.5 Å². The van der Waals surface area contributed by atoms with E-state index in [-0.39, 0.29) is 17.5 Å². The van der Waals surface area contributed by atoms with Gasteiger partial charge >= 0.3 is 0 Å². The molecule has 2 heterocycles. The highest BCUT2D eigenvalue weighted by molar-refractivity contribution is 7.85. The number of aromatic nitrogens is 2. The van der Waals surface area contributed by atoms with Crippen LogP contribution in [-0.4, -0.2) is 22.9 Å². The van der Waals surface area contributed by atoms with Gasteiger partial charge in [-0.2, -0.15) is 0 Å². The van der Waals surface area contributed by atoms with E-state index >= 15 is 0 Å². The number of nitrogens with zero attached hydrogens (tertiary/aromatic N) is 2. The van der Waals surface area contributed by atoms with Crippen LogP contribution in [0, 0.1) is 0 Å². The van der Waals surface area contributed by atoms with E-state index in [9.17, 15) is 22.6 Å². The molecule has 9 heteroatoms. The van der Waals surface area contributed by atoms with Crippen molar-refractivity contribution in [3.63, 3.8) is 0 Å². The van der Waals surface area contributed by atoms with E-state index in [4.69, 9.17) is 0 Å². The molecule has 0 saturated carbocycles. The van der Waals surface area contributed by atoms with Gasteiger partial charge in [0.2, 0.25) is 5.43 Å². The van der Waals surface area contributed by atoms with Crippen LogP contribution in [-0.2, 0) is 10.1 Å². The third-order valence-corrected chi connectivity index (χ3v) is 2.34. The van der Waals surface area contributed by atoms with Gasteiger partial charge in [-0.15, -0.1) is 0 Å². The topological polar surface area (TPSA) is 154 Å². The first-order valence-corrected chi connectivity index (χ1v) is 4.74. The molecule has 0 radical (unpaired) electrons. The molecule has 0 saturated heterocycles. The van der Waals surface area contributed by atoms with Crippen molar-refractivity contribution in [3.8, 4) is 11.4 Å². The highest BCUT2D eigenvalue weighted by atomic mass is 32.2. The first kappa shape index (κ1) is 11.4. The predicted octanol–water partition coefficient (Wildman–Crippen LogP) is -1.54. The Kier molecular flexibility index (Phi) is 2.39. The molecule has 80 valence electrons. The Morgan fingerprint density at radius 1 is 1.20 bits per heavy atom. The maximum Gasteiger partial charge on any atom is 0.272 e. The van der Waals surface area contributed by atoms with Crippen molar-refractivity contribution < 1.29 is 13.0 Å². The Morgan fingerprint density at radius 3 is 2.27 bits per heavy atom. The normalized spacial score (nSPS) is 11.5. The molecule has 2 aliphatic heterocycles. The maximum atomic E-state index is 11.1. The number of hydrogen-bond acceptors (Lipinski definition) is 7. The van der Waals surface area contributed by atoms with Crippen molar-refractivity contribution in [2.45, 2.75) is 5.03 Å². The summed E-state index contributed by atoms with van der Waals surface area (Å²) in [5.74, 6) is 0. The van der Waals surface area contributed by atoms with Gasteiger partial charge in [-0.25, -0.2) is 18.4 Å². The summed E-state index contributed by atoms with van der Waals surface area (Å²) in [6.07, 6.45) is 0. The Balaban J connectivity index is 0.00000112. The van der Waals surface area contributed by atoms with Crippen LogP contribution in [0.2, 0.25) is 0 Å². The highest BCUT2D eigenvalue weighted by Crippen LogP contribution is 2.14. The minimum atomic E-state index is -4.89. The summed E-state index contributed by atoms with van der Waals surface area (Å²) in [5, 5.41) is -1.10. The third kappa shape index (κ3) is 1.63. The first-order valence-electron chi connectivity index (χ1n) is 3.33. The van der Waals surface area contributed by atoms with Crippen molar-refractivity contribution in [1.82, 2.24) is 16.1 Å². The second kappa shape index (κ2) is 3.15. The average molecular weight is 231 g/mol. The van der Waals surface area contributed by atoms with Crippen molar-refractivity contribution in [1.29, 1.82) is 0 Å². The van der Waals surface area contributed by atoms with E-state index in [2.05, 4.69) is 9.97 Å². The Hall–Kier alpha value is -1.71. The van der Waals surface area contributed by atoms with Crippen LogP contribution in [0.5, 0.6) is 0 Å². The van der Waals surface area contributed by atoms with Gasteiger partial charge in [-0.3, -0.25) is 9.59 Å². The fraction of sp³-hybridized carbons (Fsp3) is 0. The molecular formula is C6H5N3O5S. The lowest BCUT2D eigenvalue weighted by Crippen LogP contribution is -2.13. The average Bonchev–Trinajstić information content (AvgIpc) is 2.49. The van der Waals surface area contributed by atoms with Crippen molar-refractivity contribution >= 4 is 10.1 Å². The molecule has 0 unspecified atom stereocenters. The molecule has 0 atom stereocenters. The summed E-state index contributed by atoms with van der Waals surface area (Å²) in [6.45, 7) is 0. The molecule has 8 nitrogen and oxygen atoms in total. The van der Waals surface area contributed by atoms with Gasteiger partial charge in [-0.1, -0.05) is 0 Å². The van der Waals surface area contributed by atoms with Crippen LogP contribution in [0.3, 0.4) is 0 Å². The standard InChI is InChI=1S/C6H2N2O5S.H3N/c9-3-1-2-4(8-3)5(10)6(7-2)14(11,12)13;/h1H,(H,11,12,13);1H3. The summed E-state index contributed by atoms with van der Waals surface area (Å²) in [5.41, 5.74) is -2.33. The second-order valence-corrected chi connectivity index (χ2v) is 3.82. The minimum Gasteiger partial charge on any atom is -0.743 e. The maximum absolute atomic E-state index is 11.1. The molecule has 2 rings (SSSR count). The Bertz CT molecular complexity index is 654. The number of rotatable bonds is 1. The molecule has 0 aliphatic carbocycles. The van der Waals surface area contributed by atoms with Crippen LogP contribution < -0.4 is 17.1 Å². The van der Waals surface area contributed by atoms with Crippen molar-refractivity contribution in [3.05, 3.63) is 26.6 Å². The summed E-state index contributed by atoms with van der Waals surface area (Å²) in [4.78, 5) is 28.2. The largest absolute Gasteiger partial charge is 0.743 e. The molecule has 0 aromatic rings. The van der Waals surface area contributed by atoms with Gasteiger partial charge < -0.3 is 10.7 Å². The number of quaternary nitrogens is 1. The van der Waals surface area contributed by atoms with E-state index in [1.807, 2.05) is 0 Å². The summed E-state index contributed by atoms with van der Waals surface area (Å²) in [6, 6.07) is 0.894. The summed E-state index contributed by atoms with van der Waals surface area (Å²) < 4.78 is 31.4. The van der Waals surface area contributed by atoms with E-state index in [1.165, 1.54) is 0 Å². The van der Waals surface area contributed by atoms with Crippen LogP contribution in [0.4, 0.5) is 0 Å². The molecule has 0 amide bonds. The SMILES string of the molecule is O=c1cc2nc(S(=O)(=O)[O-])c(=O)c-2n1.[NH4+]. The molecule has 0 aromatic carbocycles. The fourth-order valence-electron chi connectivity index (χ4n) is 1.07. The zero-order valence-corrected chi connectivity index (χ0v) is 8.24. The fourth-order valence-corrected chi connectivity index (χ4v) is 1.60. The second-order valence-electron chi connectivity index (χ2n) is 2.53. The Labute approximate surface area is 83.0 Å². The zero-order chi connectivity index (χ0) is 10.5. The number of fused-ring (bicyclic) bond motifs is 1. The molecule has 0 aromatic heterocycles. The van der Waals surface area contributed by atoms with Gasteiger partial charge in [-0.05, 0) is 0 Å². The van der Waals surface area contributed by atoms with E-state index in [0.29, 0.717) is 0 Å². The van der Waals surface area contributed by atoms with Gasteiger partial charge in [0.05, 0.1) is 0 Å². The monoisotopic (exact) mass is 231 g/mol. The number of hydrogen-bond donors (Lipinski definition) is 1. The molecule has 15 heavy (non-hydrogen) atoms. The highest BCUT2D eigenvalue weighted by Gasteiger charge is 2.23. The van der Waals surface area contributed by atoms with Crippen molar-refractivity contribution in [2.75, 3.05) is 0 Å². The van der Waals surface area contributed by atoms with Crippen LogP contribution in [0.1, 0.15) is 0 Å². The lowest BCUT2D eigenvalue weighted by molar-refractivity contribution is 0.459. The lowest BCUT2D eigenvalue weighted by Gasteiger charge is -1.98. The Morgan fingerprint density at radius 2 is 1.80 bits per heavy atom. The van der Waals surface area contributed by atoms with E-state index < -0.39 is 26.1 Å². The summed E-state index contributed by atoms with van der Waals surface area (Å²) >= 11 is 0. The van der Waals surface area contributed by atoms with E-state index in [0.717, 1.165) is 6.07 Å².